The maximum Gasteiger partial charge on any atom is 0.245 e. The van der Waals surface area contributed by atoms with Crippen LogP contribution in [0.1, 0.15) is 19.4 Å². The number of carbonyl (C=O) groups excluding carboxylic acids is 1. The predicted molar refractivity (Wildman–Crippen MR) is 61.1 cm³/mol. The Morgan fingerprint density at radius 2 is 1.88 bits per heavy atom. The van der Waals surface area contributed by atoms with Gasteiger partial charge < -0.3 is 5.32 Å². The zero-order valence-electron chi connectivity index (χ0n) is 9.37. The number of nitrogens with one attached hydrogen (secondary N) is 1. The summed E-state index contributed by atoms with van der Waals surface area (Å²) in [4.78, 5) is 12.0. The summed E-state index contributed by atoms with van der Waals surface area (Å²) in [5.41, 5.74) is 1.04. The van der Waals surface area contributed by atoms with Gasteiger partial charge in [0, 0.05) is 0 Å². The van der Waals surface area contributed by atoms with Crippen LogP contribution in [0.3, 0.4) is 0 Å². The molecule has 1 aliphatic heterocycles. The highest BCUT2D eigenvalue weighted by atomic mass is 32.2. The van der Waals surface area contributed by atoms with Crippen LogP contribution in [0, 0.1) is 6.92 Å². The van der Waals surface area contributed by atoms with Gasteiger partial charge in [0.05, 0.1) is 10.6 Å². The lowest BCUT2D eigenvalue weighted by molar-refractivity contribution is -0.118. The van der Waals surface area contributed by atoms with E-state index in [4.69, 9.17) is 0 Å². The molecular weight excluding hydrogens is 226 g/mol. The van der Waals surface area contributed by atoms with Gasteiger partial charge in [0.1, 0.15) is 4.75 Å². The van der Waals surface area contributed by atoms with E-state index in [-0.39, 0.29) is 4.90 Å². The maximum absolute atomic E-state index is 12.3. The van der Waals surface area contributed by atoms with Gasteiger partial charge in [-0.2, -0.15) is 0 Å². The second-order valence-electron chi connectivity index (χ2n) is 4.42. The molecule has 0 saturated heterocycles. The second kappa shape index (κ2) is 3.07. The van der Waals surface area contributed by atoms with Crippen LogP contribution in [0.2, 0.25) is 0 Å². The van der Waals surface area contributed by atoms with Crippen molar-refractivity contribution >= 4 is 21.4 Å². The van der Waals surface area contributed by atoms with Crippen LogP contribution in [0.4, 0.5) is 5.69 Å². The standard InChI is InChI=1S/C11H13NO3S/c1-7-5-4-6-8-9(7)16(14,15)11(2,3)10(13)12-8/h4-6H,1-3H3,(H,12,13). The summed E-state index contributed by atoms with van der Waals surface area (Å²) in [5.74, 6) is -0.481. The average molecular weight is 239 g/mol. The molecule has 1 aromatic rings. The van der Waals surface area contributed by atoms with E-state index in [1.165, 1.54) is 13.8 Å². The first kappa shape index (κ1) is 11.1. The van der Waals surface area contributed by atoms with Gasteiger partial charge in [-0.1, -0.05) is 12.1 Å². The highest BCUT2D eigenvalue weighted by Gasteiger charge is 2.48. The molecule has 0 unspecified atom stereocenters. The predicted octanol–water partition coefficient (Wildman–Crippen LogP) is 1.50. The fraction of sp³-hybridized carbons (Fsp3) is 0.364. The summed E-state index contributed by atoms with van der Waals surface area (Å²) < 4.78 is 23.2. The molecule has 1 N–H and O–H groups in total. The molecule has 1 aromatic carbocycles. The van der Waals surface area contributed by atoms with Gasteiger partial charge in [0.25, 0.3) is 0 Å². The Hall–Kier alpha value is -1.36. The van der Waals surface area contributed by atoms with E-state index in [1.54, 1.807) is 25.1 Å². The molecular formula is C11H13NO3S. The number of aryl methyl sites for hydroxylation is 1. The first-order valence-corrected chi connectivity index (χ1v) is 6.42. The largest absolute Gasteiger partial charge is 0.324 e. The summed E-state index contributed by atoms with van der Waals surface area (Å²) >= 11 is 0. The molecule has 1 aliphatic rings. The van der Waals surface area contributed by atoms with Crippen LogP contribution in [0.15, 0.2) is 23.1 Å². The third-order valence-corrected chi connectivity index (χ3v) is 5.56. The van der Waals surface area contributed by atoms with Gasteiger partial charge in [0.15, 0.2) is 9.84 Å². The molecule has 0 bridgehead atoms. The first-order chi connectivity index (χ1) is 7.28. The van der Waals surface area contributed by atoms with Crippen molar-refractivity contribution in [1.29, 1.82) is 0 Å². The van der Waals surface area contributed by atoms with Gasteiger partial charge >= 0.3 is 0 Å². The first-order valence-electron chi connectivity index (χ1n) is 4.94. The van der Waals surface area contributed by atoms with Gasteiger partial charge in [-0.25, -0.2) is 8.42 Å². The molecule has 1 amide bonds. The zero-order valence-corrected chi connectivity index (χ0v) is 10.2. The van der Waals surface area contributed by atoms with Crippen molar-refractivity contribution in [2.75, 3.05) is 5.32 Å². The minimum atomic E-state index is -3.61. The van der Waals surface area contributed by atoms with E-state index in [2.05, 4.69) is 5.32 Å². The molecule has 2 rings (SSSR count). The number of amides is 1. The topological polar surface area (TPSA) is 63.2 Å². The molecule has 16 heavy (non-hydrogen) atoms. The minimum Gasteiger partial charge on any atom is -0.324 e. The van der Waals surface area contributed by atoms with Crippen molar-refractivity contribution in [2.45, 2.75) is 30.4 Å². The van der Waals surface area contributed by atoms with E-state index < -0.39 is 20.5 Å². The van der Waals surface area contributed by atoms with E-state index in [0.717, 1.165) is 0 Å². The zero-order chi connectivity index (χ0) is 12.1. The molecule has 5 heteroatoms. The molecule has 0 fully saturated rings. The highest BCUT2D eigenvalue weighted by molar-refractivity contribution is 7.94. The number of anilines is 1. The fourth-order valence-electron chi connectivity index (χ4n) is 1.76. The van der Waals surface area contributed by atoms with Crippen molar-refractivity contribution in [3.8, 4) is 0 Å². The Labute approximate surface area is 94.6 Å². The van der Waals surface area contributed by atoms with Crippen molar-refractivity contribution in [3.63, 3.8) is 0 Å². The summed E-state index contributed by atoms with van der Waals surface area (Å²) in [7, 11) is -3.61. The third-order valence-electron chi connectivity index (χ3n) is 2.95. The monoisotopic (exact) mass is 239 g/mol. The Balaban J connectivity index is 2.85. The Kier molecular flexibility index (Phi) is 2.14. The number of hydrogen-bond donors (Lipinski definition) is 1. The molecule has 0 aromatic heterocycles. The molecule has 0 saturated carbocycles. The lowest BCUT2D eigenvalue weighted by atomic mass is 10.1. The van der Waals surface area contributed by atoms with E-state index in [1.807, 2.05) is 0 Å². The minimum absolute atomic E-state index is 0.236. The fourth-order valence-corrected chi connectivity index (χ4v) is 3.46. The molecule has 0 radical (unpaired) electrons. The molecule has 1 heterocycles. The molecule has 0 aliphatic carbocycles. The van der Waals surface area contributed by atoms with Crippen LogP contribution >= 0.6 is 0 Å². The molecule has 0 spiro atoms. The molecule has 4 nitrogen and oxygen atoms in total. The van der Waals surface area contributed by atoms with Crippen LogP contribution in [0.5, 0.6) is 0 Å². The number of sulfone groups is 1. The lowest BCUT2D eigenvalue weighted by Gasteiger charge is -2.31. The average Bonchev–Trinajstić information content (AvgIpc) is 2.15. The normalized spacial score (nSPS) is 21.1. The van der Waals surface area contributed by atoms with Crippen molar-refractivity contribution in [1.82, 2.24) is 0 Å². The number of fused-ring (bicyclic) bond motifs is 1. The number of benzene rings is 1. The van der Waals surface area contributed by atoms with Crippen LogP contribution in [-0.4, -0.2) is 19.1 Å². The molecule has 86 valence electrons. The van der Waals surface area contributed by atoms with Crippen LogP contribution < -0.4 is 5.32 Å². The highest BCUT2D eigenvalue weighted by Crippen LogP contribution is 2.38. The third kappa shape index (κ3) is 1.21. The van der Waals surface area contributed by atoms with E-state index in [0.29, 0.717) is 11.3 Å². The smallest absolute Gasteiger partial charge is 0.245 e. The van der Waals surface area contributed by atoms with Gasteiger partial charge in [-0.05, 0) is 32.4 Å². The summed E-state index contributed by atoms with van der Waals surface area (Å²) in [5, 5.41) is 2.63. The number of hydrogen-bond acceptors (Lipinski definition) is 3. The van der Waals surface area contributed by atoms with Crippen LogP contribution in [-0.2, 0) is 14.6 Å². The van der Waals surface area contributed by atoms with Gasteiger partial charge in [-0.3, -0.25) is 4.79 Å². The summed E-state index contributed by atoms with van der Waals surface area (Å²) in [6.45, 7) is 4.57. The van der Waals surface area contributed by atoms with Gasteiger partial charge in [0.2, 0.25) is 5.91 Å². The van der Waals surface area contributed by atoms with E-state index in [9.17, 15) is 13.2 Å². The Morgan fingerprint density at radius 1 is 1.25 bits per heavy atom. The summed E-state index contributed by atoms with van der Waals surface area (Å²) in [6.07, 6.45) is 0. The Bertz CT molecular complexity index is 573. The quantitative estimate of drug-likeness (QED) is 0.746. The van der Waals surface area contributed by atoms with Crippen molar-refractivity contribution in [3.05, 3.63) is 23.8 Å². The summed E-state index contributed by atoms with van der Waals surface area (Å²) in [6, 6.07) is 5.05. The van der Waals surface area contributed by atoms with E-state index >= 15 is 0 Å². The lowest BCUT2D eigenvalue weighted by Crippen LogP contribution is -2.48. The van der Waals surface area contributed by atoms with Gasteiger partial charge in [-0.15, -0.1) is 0 Å². The van der Waals surface area contributed by atoms with Crippen molar-refractivity contribution in [2.24, 2.45) is 0 Å². The second-order valence-corrected chi connectivity index (χ2v) is 6.86. The SMILES string of the molecule is Cc1cccc2c1S(=O)(=O)C(C)(C)C(=O)N2. The Morgan fingerprint density at radius 3 is 2.50 bits per heavy atom. The maximum atomic E-state index is 12.3. The molecule has 0 atom stereocenters. The number of carbonyl (C=O) groups is 1. The number of rotatable bonds is 0. The van der Waals surface area contributed by atoms with Crippen molar-refractivity contribution < 1.29 is 13.2 Å². The van der Waals surface area contributed by atoms with Crippen LogP contribution in [0.25, 0.3) is 0 Å².